The van der Waals surface area contributed by atoms with Crippen molar-refractivity contribution in [3.8, 4) is 16.1 Å². The van der Waals surface area contributed by atoms with Gasteiger partial charge in [0.2, 0.25) is 5.91 Å². The third kappa shape index (κ3) is 5.06. The van der Waals surface area contributed by atoms with Gasteiger partial charge in [0.1, 0.15) is 4.83 Å². The van der Waals surface area contributed by atoms with Gasteiger partial charge in [0.15, 0.2) is 5.16 Å². The molecule has 35 heavy (non-hydrogen) atoms. The van der Waals surface area contributed by atoms with E-state index in [-0.39, 0.29) is 11.5 Å². The van der Waals surface area contributed by atoms with Gasteiger partial charge in [0, 0.05) is 11.4 Å². The number of nitrogens with zero attached hydrogens (tertiary/aromatic N) is 2. The fraction of sp³-hybridized carbons (Fsp3) is 0.107. The highest BCUT2D eigenvalue weighted by molar-refractivity contribution is 8.00. The van der Waals surface area contributed by atoms with Crippen molar-refractivity contribution in [2.75, 3.05) is 0 Å². The van der Waals surface area contributed by atoms with E-state index < -0.39 is 5.25 Å². The van der Waals surface area contributed by atoms with Gasteiger partial charge >= 0.3 is 0 Å². The molecule has 0 aliphatic rings. The van der Waals surface area contributed by atoms with E-state index in [9.17, 15) is 9.59 Å². The summed E-state index contributed by atoms with van der Waals surface area (Å²) in [6.07, 6.45) is 0. The molecule has 1 N–H and O–H groups in total. The molecule has 5 rings (SSSR count). The number of thiophene rings is 1. The molecule has 0 unspecified atom stereocenters. The number of benzene rings is 3. The Morgan fingerprint density at radius 1 is 0.971 bits per heavy atom. The molecule has 2 heterocycles. The maximum Gasteiger partial charge on any atom is 0.267 e. The Kier molecular flexibility index (Phi) is 6.79. The van der Waals surface area contributed by atoms with Crippen LogP contribution in [-0.4, -0.2) is 20.7 Å². The third-order valence-electron chi connectivity index (χ3n) is 5.57. The lowest BCUT2D eigenvalue weighted by Gasteiger charge is -2.15. The Bertz CT molecular complexity index is 1510. The molecule has 5 aromatic rings. The van der Waals surface area contributed by atoms with Crippen molar-refractivity contribution in [3.63, 3.8) is 0 Å². The lowest BCUT2D eigenvalue weighted by atomic mass is 10.2. The molecule has 0 fully saturated rings. The van der Waals surface area contributed by atoms with Gasteiger partial charge in [-0.05, 0) is 36.2 Å². The van der Waals surface area contributed by atoms with Crippen molar-refractivity contribution in [1.82, 2.24) is 14.9 Å². The smallest absolute Gasteiger partial charge is 0.267 e. The molecule has 2 aromatic heterocycles. The molecule has 174 valence electrons. The van der Waals surface area contributed by atoms with Gasteiger partial charge < -0.3 is 5.32 Å². The van der Waals surface area contributed by atoms with E-state index in [1.54, 1.807) is 4.57 Å². The van der Waals surface area contributed by atoms with E-state index in [0.29, 0.717) is 21.9 Å². The number of carbonyl (C=O) groups is 1. The van der Waals surface area contributed by atoms with Gasteiger partial charge in [0.05, 0.1) is 16.3 Å². The standard InChI is InChI=1S/C28H23N3O2S2/c1-19(25(32)29-18-20-11-5-2-6-12-20)34-28-30-26-23(17-24(35-26)21-13-7-3-8-14-21)27(33)31(28)22-15-9-4-10-16-22/h2-17,19H,18H2,1H3,(H,29,32)/t19-/m0/s1. The molecule has 0 saturated heterocycles. The lowest BCUT2D eigenvalue weighted by Crippen LogP contribution is -2.31. The molecule has 5 nitrogen and oxygen atoms in total. The number of para-hydroxylation sites is 1. The van der Waals surface area contributed by atoms with Crippen LogP contribution in [0.5, 0.6) is 0 Å². The summed E-state index contributed by atoms with van der Waals surface area (Å²) < 4.78 is 1.61. The van der Waals surface area contributed by atoms with Crippen LogP contribution >= 0.6 is 23.1 Å². The minimum atomic E-state index is -0.438. The zero-order valence-corrected chi connectivity index (χ0v) is 20.7. The monoisotopic (exact) mass is 497 g/mol. The van der Waals surface area contributed by atoms with Gasteiger partial charge in [-0.3, -0.25) is 14.2 Å². The van der Waals surface area contributed by atoms with E-state index in [1.807, 2.05) is 104 Å². The average molecular weight is 498 g/mol. The second-order valence-electron chi connectivity index (χ2n) is 8.03. The first-order valence-corrected chi connectivity index (χ1v) is 13.0. The predicted octanol–water partition coefficient (Wildman–Crippen LogP) is 5.91. The first-order chi connectivity index (χ1) is 17.1. The third-order valence-corrected chi connectivity index (χ3v) is 7.70. The highest BCUT2D eigenvalue weighted by Crippen LogP contribution is 2.33. The molecule has 0 radical (unpaired) electrons. The van der Waals surface area contributed by atoms with Gasteiger partial charge in [-0.15, -0.1) is 11.3 Å². The van der Waals surface area contributed by atoms with Crippen LogP contribution in [0.25, 0.3) is 26.3 Å². The second kappa shape index (κ2) is 10.3. The van der Waals surface area contributed by atoms with Crippen molar-refractivity contribution >= 4 is 39.2 Å². The average Bonchev–Trinajstić information content (AvgIpc) is 3.34. The molecule has 0 aliphatic heterocycles. The SMILES string of the molecule is C[C@H](Sc1nc2sc(-c3ccccc3)cc2c(=O)n1-c1ccccc1)C(=O)NCc1ccccc1. The molecular formula is C28H23N3O2S2. The Morgan fingerprint density at radius 3 is 2.29 bits per heavy atom. The molecule has 1 amide bonds. The van der Waals surface area contributed by atoms with Crippen LogP contribution in [0.3, 0.4) is 0 Å². The molecule has 0 saturated carbocycles. The predicted molar refractivity (Wildman–Crippen MR) is 144 cm³/mol. The maximum absolute atomic E-state index is 13.7. The number of rotatable bonds is 7. The van der Waals surface area contributed by atoms with E-state index in [0.717, 1.165) is 21.7 Å². The maximum atomic E-state index is 13.7. The van der Waals surface area contributed by atoms with Crippen LogP contribution in [0.15, 0.2) is 107 Å². The summed E-state index contributed by atoms with van der Waals surface area (Å²) in [7, 11) is 0. The molecule has 7 heteroatoms. The largest absolute Gasteiger partial charge is 0.351 e. The fourth-order valence-electron chi connectivity index (χ4n) is 3.73. The quantitative estimate of drug-likeness (QED) is 0.224. The number of hydrogen-bond acceptors (Lipinski definition) is 5. The van der Waals surface area contributed by atoms with E-state index >= 15 is 0 Å². The number of thioether (sulfide) groups is 1. The van der Waals surface area contributed by atoms with Crippen LogP contribution < -0.4 is 10.9 Å². The summed E-state index contributed by atoms with van der Waals surface area (Å²) in [6, 6.07) is 31.1. The normalized spacial score (nSPS) is 11.9. The summed E-state index contributed by atoms with van der Waals surface area (Å²) in [5, 5.41) is 3.62. The van der Waals surface area contributed by atoms with Crippen LogP contribution in [0.1, 0.15) is 12.5 Å². The summed E-state index contributed by atoms with van der Waals surface area (Å²) in [4.78, 5) is 33.1. The van der Waals surface area contributed by atoms with Crippen LogP contribution in [0, 0.1) is 0 Å². The van der Waals surface area contributed by atoms with Crippen molar-refractivity contribution in [2.45, 2.75) is 23.9 Å². The zero-order chi connectivity index (χ0) is 24.2. The van der Waals surface area contributed by atoms with E-state index in [2.05, 4.69) is 5.32 Å². The first-order valence-electron chi connectivity index (χ1n) is 11.3. The van der Waals surface area contributed by atoms with Crippen LogP contribution in [-0.2, 0) is 11.3 Å². The molecular weight excluding hydrogens is 474 g/mol. The molecule has 0 spiro atoms. The number of nitrogens with one attached hydrogen (secondary N) is 1. The van der Waals surface area contributed by atoms with Crippen LogP contribution in [0.4, 0.5) is 0 Å². The van der Waals surface area contributed by atoms with E-state index in [1.165, 1.54) is 23.1 Å². The second-order valence-corrected chi connectivity index (χ2v) is 10.4. The van der Waals surface area contributed by atoms with Gasteiger partial charge in [-0.2, -0.15) is 0 Å². The Labute approximate surface area is 211 Å². The number of carbonyl (C=O) groups excluding carboxylic acids is 1. The highest BCUT2D eigenvalue weighted by atomic mass is 32.2. The fourth-order valence-corrected chi connectivity index (χ4v) is 5.76. The summed E-state index contributed by atoms with van der Waals surface area (Å²) in [6.45, 7) is 2.29. The lowest BCUT2D eigenvalue weighted by molar-refractivity contribution is -0.120. The minimum absolute atomic E-state index is 0.107. The van der Waals surface area contributed by atoms with Gasteiger partial charge in [0.25, 0.3) is 5.56 Å². The number of aromatic nitrogens is 2. The zero-order valence-electron chi connectivity index (χ0n) is 19.0. The van der Waals surface area contributed by atoms with Crippen molar-refractivity contribution in [3.05, 3.63) is 113 Å². The number of hydrogen-bond donors (Lipinski definition) is 1. The summed E-state index contributed by atoms with van der Waals surface area (Å²) in [5.74, 6) is -0.107. The Morgan fingerprint density at radius 2 is 1.60 bits per heavy atom. The highest BCUT2D eigenvalue weighted by Gasteiger charge is 2.21. The summed E-state index contributed by atoms with van der Waals surface area (Å²) in [5.41, 5.74) is 2.66. The van der Waals surface area contributed by atoms with E-state index in [4.69, 9.17) is 4.98 Å². The first kappa shape index (κ1) is 23.1. The molecule has 0 aliphatic carbocycles. The number of amides is 1. The Balaban J connectivity index is 1.50. The van der Waals surface area contributed by atoms with Crippen LogP contribution in [0.2, 0.25) is 0 Å². The van der Waals surface area contributed by atoms with Crippen molar-refractivity contribution in [2.24, 2.45) is 0 Å². The molecule has 1 atom stereocenters. The van der Waals surface area contributed by atoms with Crippen molar-refractivity contribution < 1.29 is 4.79 Å². The minimum Gasteiger partial charge on any atom is -0.351 e. The molecule has 0 bridgehead atoms. The van der Waals surface area contributed by atoms with Crippen molar-refractivity contribution in [1.29, 1.82) is 0 Å². The van der Waals surface area contributed by atoms with Gasteiger partial charge in [-0.1, -0.05) is 90.6 Å². The topological polar surface area (TPSA) is 64.0 Å². The molecule has 3 aromatic carbocycles. The van der Waals surface area contributed by atoms with Gasteiger partial charge in [-0.25, -0.2) is 4.98 Å². The summed E-state index contributed by atoms with van der Waals surface area (Å²) >= 11 is 2.78. The number of fused-ring (bicyclic) bond motifs is 1. The Hall–Kier alpha value is -3.68.